The third-order valence-electron chi connectivity index (χ3n) is 7.21. The van der Waals surface area contributed by atoms with Gasteiger partial charge < -0.3 is 4.74 Å². The Morgan fingerprint density at radius 1 is 0.643 bits per heavy atom. The molecule has 0 bridgehead atoms. The van der Waals surface area contributed by atoms with Gasteiger partial charge in [0.2, 0.25) is 0 Å². The van der Waals surface area contributed by atoms with Crippen molar-refractivity contribution in [1.82, 2.24) is 0 Å². The van der Waals surface area contributed by atoms with E-state index in [0.29, 0.717) is 30.5 Å². The molecule has 0 saturated carbocycles. The van der Waals surface area contributed by atoms with Crippen molar-refractivity contribution >= 4 is 10.8 Å². The van der Waals surface area contributed by atoms with Crippen molar-refractivity contribution in [1.29, 1.82) is 0 Å². The molecule has 0 aliphatic carbocycles. The fraction of sp³-hybridized carbons (Fsp3) is 0.333. The number of benzene rings is 4. The van der Waals surface area contributed by atoms with E-state index in [9.17, 15) is 30.7 Å². The molecule has 4 aromatic carbocycles. The number of aryl methyl sites for hydroxylation is 3. The van der Waals surface area contributed by atoms with Crippen molar-refractivity contribution in [3.05, 3.63) is 112 Å². The predicted molar refractivity (Wildman–Crippen MR) is 146 cm³/mol. The van der Waals surface area contributed by atoms with Gasteiger partial charge in [-0.25, -0.2) is 22.0 Å². The molecular formula is C33H30F8O. The highest BCUT2D eigenvalue weighted by molar-refractivity contribution is 5.84. The molecule has 4 rings (SSSR count). The lowest BCUT2D eigenvalue weighted by atomic mass is 9.96. The average Bonchev–Trinajstić information content (AvgIpc) is 2.91. The third-order valence-corrected chi connectivity index (χ3v) is 7.21. The van der Waals surface area contributed by atoms with Crippen LogP contribution in [0.25, 0.3) is 10.8 Å². The van der Waals surface area contributed by atoms with Crippen molar-refractivity contribution in [2.75, 3.05) is 6.61 Å². The molecule has 42 heavy (non-hydrogen) atoms. The van der Waals surface area contributed by atoms with Gasteiger partial charge in [-0.1, -0.05) is 56.5 Å². The van der Waals surface area contributed by atoms with E-state index in [0.717, 1.165) is 31.2 Å². The molecule has 0 heterocycles. The number of alkyl halides is 3. The second-order valence-electron chi connectivity index (χ2n) is 10.3. The van der Waals surface area contributed by atoms with E-state index in [1.165, 1.54) is 18.2 Å². The highest BCUT2D eigenvalue weighted by Crippen LogP contribution is 2.34. The van der Waals surface area contributed by atoms with E-state index in [4.69, 9.17) is 4.74 Å². The van der Waals surface area contributed by atoms with E-state index < -0.39 is 40.8 Å². The van der Waals surface area contributed by atoms with Gasteiger partial charge in [0.1, 0.15) is 40.4 Å². The Balaban J connectivity index is 1.41. The first-order valence-electron chi connectivity index (χ1n) is 13.8. The molecule has 9 heteroatoms. The Morgan fingerprint density at radius 3 is 1.95 bits per heavy atom. The molecule has 0 unspecified atom stereocenters. The van der Waals surface area contributed by atoms with Gasteiger partial charge in [0.05, 0.1) is 6.61 Å². The van der Waals surface area contributed by atoms with Crippen LogP contribution in [-0.2, 0) is 31.9 Å². The molecule has 4 aromatic rings. The number of unbranched alkanes of at least 4 members (excludes halogenated alkanes) is 3. The maximum Gasteiger partial charge on any atom is 0.422 e. The predicted octanol–water partition coefficient (Wildman–Crippen LogP) is 10.1. The van der Waals surface area contributed by atoms with Gasteiger partial charge in [-0.05, 0) is 66.3 Å². The highest BCUT2D eigenvalue weighted by Gasteiger charge is 2.37. The summed E-state index contributed by atoms with van der Waals surface area (Å²) in [6.07, 6.45) is -0.904. The molecule has 0 radical (unpaired) electrons. The standard InChI is InChI=1S/C33H30F8O/c1-2-3-4-5-14-42-24-18-27(34)26(28(35)19-24)13-8-20-7-12-25-23(15-20)11-10-22(32(25)38)9-6-21-16-29(36)31(30(37)17-21)33(39,40)41/h7,10-12,15-19H,2-6,8-9,13-14H2,1H3. The van der Waals surface area contributed by atoms with E-state index in [1.807, 2.05) is 0 Å². The molecule has 0 saturated heterocycles. The van der Waals surface area contributed by atoms with Gasteiger partial charge in [-0.2, -0.15) is 13.2 Å². The summed E-state index contributed by atoms with van der Waals surface area (Å²) in [5, 5.41) is 0.826. The maximum absolute atomic E-state index is 15.2. The molecule has 0 N–H and O–H groups in total. The summed E-state index contributed by atoms with van der Waals surface area (Å²) < 4.78 is 116. The summed E-state index contributed by atoms with van der Waals surface area (Å²) in [7, 11) is 0. The Morgan fingerprint density at radius 2 is 1.31 bits per heavy atom. The normalized spacial score (nSPS) is 11.8. The topological polar surface area (TPSA) is 9.23 Å². The molecule has 0 atom stereocenters. The molecular weight excluding hydrogens is 564 g/mol. The largest absolute Gasteiger partial charge is 0.493 e. The number of ether oxygens (including phenoxy) is 1. The highest BCUT2D eigenvalue weighted by atomic mass is 19.4. The lowest BCUT2D eigenvalue weighted by Crippen LogP contribution is -2.12. The van der Waals surface area contributed by atoms with Crippen LogP contribution in [0.3, 0.4) is 0 Å². The average molecular weight is 595 g/mol. The van der Waals surface area contributed by atoms with Gasteiger partial charge in [0, 0.05) is 23.1 Å². The molecule has 224 valence electrons. The SMILES string of the molecule is CCCCCCOc1cc(F)c(CCc2ccc3c(F)c(CCc4cc(F)c(C(F)(F)F)c(F)c4)ccc3c2)c(F)c1. The minimum atomic E-state index is -5.16. The molecule has 0 aromatic heterocycles. The van der Waals surface area contributed by atoms with Gasteiger partial charge >= 0.3 is 6.18 Å². The number of rotatable bonds is 12. The first-order valence-corrected chi connectivity index (χ1v) is 13.8. The zero-order valence-corrected chi connectivity index (χ0v) is 23.0. The summed E-state index contributed by atoms with van der Waals surface area (Å²) in [4.78, 5) is 0. The van der Waals surface area contributed by atoms with Crippen LogP contribution in [0.5, 0.6) is 5.75 Å². The van der Waals surface area contributed by atoms with Crippen LogP contribution in [0.15, 0.2) is 54.6 Å². The molecule has 0 aliphatic rings. The Labute approximate surface area is 239 Å². The number of fused-ring (bicyclic) bond motifs is 1. The van der Waals surface area contributed by atoms with Crippen LogP contribution in [0.2, 0.25) is 0 Å². The fourth-order valence-corrected chi connectivity index (χ4v) is 4.94. The first kappa shape index (κ1) is 31.3. The van der Waals surface area contributed by atoms with Crippen molar-refractivity contribution in [2.45, 2.75) is 64.5 Å². The second-order valence-corrected chi connectivity index (χ2v) is 10.3. The van der Waals surface area contributed by atoms with Crippen LogP contribution in [-0.4, -0.2) is 6.61 Å². The minimum Gasteiger partial charge on any atom is -0.493 e. The van der Waals surface area contributed by atoms with Crippen molar-refractivity contribution in [3.63, 3.8) is 0 Å². The molecule has 0 fully saturated rings. The number of hydrogen-bond acceptors (Lipinski definition) is 1. The van der Waals surface area contributed by atoms with Crippen molar-refractivity contribution < 1.29 is 39.9 Å². The first-order chi connectivity index (χ1) is 20.0. The number of halogens is 8. The summed E-state index contributed by atoms with van der Waals surface area (Å²) in [5.74, 6) is -5.23. The van der Waals surface area contributed by atoms with Crippen LogP contribution in [0.1, 0.15) is 60.4 Å². The van der Waals surface area contributed by atoms with E-state index >= 15 is 4.39 Å². The zero-order valence-electron chi connectivity index (χ0n) is 23.0. The monoisotopic (exact) mass is 594 g/mol. The molecule has 0 aliphatic heterocycles. The van der Waals surface area contributed by atoms with E-state index in [2.05, 4.69) is 6.92 Å². The van der Waals surface area contributed by atoms with Crippen molar-refractivity contribution in [2.24, 2.45) is 0 Å². The summed E-state index contributed by atoms with van der Waals surface area (Å²) in [6, 6.07) is 11.6. The van der Waals surface area contributed by atoms with E-state index in [1.54, 1.807) is 24.3 Å². The van der Waals surface area contributed by atoms with Crippen LogP contribution in [0.4, 0.5) is 35.1 Å². The van der Waals surface area contributed by atoms with Gasteiger partial charge in [0.15, 0.2) is 0 Å². The zero-order chi connectivity index (χ0) is 30.4. The maximum atomic E-state index is 15.2. The lowest BCUT2D eigenvalue weighted by Gasteiger charge is -2.12. The Hall–Kier alpha value is -3.62. The minimum absolute atomic E-state index is 0.00473. The molecule has 1 nitrogen and oxygen atoms in total. The summed E-state index contributed by atoms with van der Waals surface area (Å²) >= 11 is 0. The summed E-state index contributed by atoms with van der Waals surface area (Å²) in [6.45, 7) is 2.48. The van der Waals surface area contributed by atoms with Crippen LogP contribution >= 0.6 is 0 Å². The van der Waals surface area contributed by atoms with Gasteiger partial charge in [0.25, 0.3) is 0 Å². The fourth-order valence-electron chi connectivity index (χ4n) is 4.94. The quantitative estimate of drug-likeness (QED) is 0.117. The Bertz CT molecular complexity index is 1500. The van der Waals surface area contributed by atoms with Crippen LogP contribution in [0, 0.1) is 29.1 Å². The Kier molecular flexibility index (Phi) is 10.1. The smallest absolute Gasteiger partial charge is 0.422 e. The van der Waals surface area contributed by atoms with Gasteiger partial charge in [-0.3, -0.25) is 0 Å². The van der Waals surface area contributed by atoms with Crippen molar-refractivity contribution in [3.8, 4) is 5.75 Å². The summed E-state index contributed by atoms with van der Waals surface area (Å²) in [5.41, 5.74) is -1.08. The molecule has 0 amide bonds. The molecule has 0 spiro atoms. The van der Waals surface area contributed by atoms with Crippen LogP contribution < -0.4 is 4.74 Å². The van der Waals surface area contributed by atoms with Gasteiger partial charge in [-0.15, -0.1) is 0 Å². The lowest BCUT2D eigenvalue weighted by molar-refractivity contribution is -0.142. The second kappa shape index (κ2) is 13.6. The number of hydrogen-bond donors (Lipinski definition) is 0. The third kappa shape index (κ3) is 7.61. The van der Waals surface area contributed by atoms with E-state index in [-0.39, 0.29) is 47.1 Å².